The predicted octanol–water partition coefficient (Wildman–Crippen LogP) is 2.05. The summed E-state index contributed by atoms with van der Waals surface area (Å²) in [7, 11) is 0. The lowest BCUT2D eigenvalue weighted by Gasteiger charge is -1.98. The quantitative estimate of drug-likeness (QED) is 0.550. The summed E-state index contributed by atoms with van der Waals surface area (Å²) in [4.78, 5) is 9.68. The van der Waals surface area contributed by atoms with Crippen LogP contribution in [-0.4, -0.2) is 10.1 Å². The van der Waals surface area contributed by atoms with Crippen LogP contribution in [0.25, 0.3) is 0 Å². The van der Waals surface area contributed by atoms with Gasteiger partial charge in [0.2, 0.25) is 0 Å². The second kappa shape index (κ2) is 3.38. The number of anilines is 1. The lowest BCUT2D eigenvalue weighted by atomic mass is 10.3. The topological polar surface area (TPSA) is 75.4 Å². The highest BCUT2D eigenvalue weighted by Crippen LogP contribution is 2.26. The summed E-state index contributed by atoms with van der Waals surface area (Å²) in [6, 6.07) is 3.90. The Labute approximate surface area is 72.7 Å². The first-order valence-electron chi connectivity index (χ1n) is 2.99. The van der Waals surface area contributed by atoms with E-state index in [9.17, 15) is 10.1 Å². The van der Waals surface area contributed by atoms with Crippen LogP contribution in [0.15, 0.2) is 18.2 Å². The Balaban J connectivity index is 3.17. The second-order valence-corrected chi connectivity index (χ2v) is 2.44. The maximum absolute atomic E-state index is 10.3. The van der Waals surface area contributed by atoms with Crippen molar-refractivity contribution in [1.82, 2.24) is 0 Å². The van der Waals surface area contributed by atoms with E-state index in [2.05, 4.69) is 0 Å². The van der Waals surface area contributed by atoms with E-state index < -0.39 is 4.92 Å². The van der Waals surface area contributed by atoms with Gasteiger partial charge in [-0.3, -0.25) is 20.8 Å². The van der Waals surface area contributed by atoms with E-state index in [1.807, 2.05) is 0 Å². The number of nitrogens with zero attached hydrogens (tertiary/aromatic N) is 1. The zero-order valence-electron chi connectivity index (χ0n) is 5.82. The number of nitro benzene ring substituents is 1. The van der Waals surface area contributed by atoms with Crippen LogP contribution in [0, 0.1) is 10.1 Å². The molecule has 0 amide bonds. The molecule has 0 saturated heterocycles. The molecule has 5 nitrogen and oxygen atoms in total. The van der Waals surface area contributed by atoms with Crippen molar-refractivity contribution in [3.8, 4) is 0 Å². The SMILES string of the molecule is O=[N+]([O-])c1cc(NO)ccc1Cl. The molecule has 12 heavy (non-hydrogen) atoms. The van der Waals surface area contributed by atoms with Gasteiger partial charge in [0.25, 0.3) is 5.69 Å². The Kier molecular flexibility index (Phi) is 2.47. The average Bonchev–Trinajstić information content (AvgIpc) is 2.05. The number of nitrogens with one attached hydrogen (secondary N) is 1. The molecule has 0 aliphatic carbocycles. The van der Waals surface area contributed by atoms with Crippen molar-refractivity contribution in [2.24, 2.45) is 0 Å². The fraction of sp³-hybridized carbons (Fsp3) is 0. The summed E-state index contributed by atoms with van der Waals surface area (Å²) in [5.74, 6) is 0. The molecule has 0 fully saturated rings. The van der Waals surface area contributed by atoms with Crippen molar-refractivity contribution in [2.45, 2.75) is 0 Å². The first kappa shape index (κ1) is 8.76. The van der Waals surface area contributed by atoms with Gasteiger partial charge in [-0.05, 0) is 12.1 Å². The number of hydrogen-bond acceptors (Lipinski definition) is 4. The van der Waals surface area contributed by atoms with Crippen molar-refractivity contribution < 1.29 is 10.1 Å². The normalized spacial score (nSPS) is 9.50. The third kappa shape index (κ3) is 1.63. The van der Waals surface area contributed by atoms with E-state index in [1.54, 1.807) is 5.48 Å². The highest BCUT2D eigenvalue weighted by atomic mass is 35.5. The molecule has 0 radical (unpaired) electrons. The van der Waals surface area contributed by atoms with Crippen LogP contribution in [-0.2, 0) is 0 Å². The Bertz CT molecular complexity index is 316. The minimum atomic E-state index is -0.622. The predicted molar refractivity (Wildman–Crippen MR) is 43.5 cm³/mol. The Hall–Kier alpha value is -1.33. The van der Waals surface area contributed by atoms with Crippen molar-refractivity contribution in [3.63, 3.8) is 0 Å². The van der Waals surface area contributed by atoms with Crippen molar-refractivity contribution in [2.75, 3.05) is 5.48 Å². The second-order valence-electron chi connectivity index (χ2n) is 2.04. The smallest absolute Gasteiger partial charge is 0.290 e. The summed E-state index contributed by atoms with van der Waals surface area (Å²) >= 11 is 5.50. The van der Waals surface area contributed by atoms with Crippen molar-refractivity contribution >= 4 is 23.0 Å². The van der Waals surface area contributed by atoms with Gasteiger partial charge >= 0.3 is 0 Å². The van der Waals surface area contributed by atoms with Gasteiger partial charge in [-0.15, -0.1) is 0 Å². The molecule has 64 valence electrons. The number of benzene rings is 1. The molecule has 6 heteroatoms. The minimum absolute atomic E-state index is 0.0407. The van der Waals surface area contributed by atoms with Crippen LogP contribution < -0.4 is 5.48 Å². The van der Waals surface area contributed by atoms with E-state index in [0.717, 1.165) is 6.07 Å². The molecule has 0 aliphatic heterocycles. The van der Waals surface area contributed by atoms with Gasteiger partial charge in [0, 0.05) is 6.07 Å². The molecule has 0 atom stereocenters. The molecule has 0 heterocycles. The third-order valence-corrected chi connectivity index (χ3v) is 1.59. The van der Waals surface area contributed by atoms with Crippen LogP contribution >= 0.6 is 11.6 Å². The Morgan fingerprint density at radius 1 is 1.58 bits per heavy atom. The number of hydrogen-bond donors (Lipinski definition) is 2. The maximum atomic E-state index is 10.3. The van der Waals surface area contributed by atoms with Crippen LogP contribution in [0.3, 0.4) is 0 Å². The van der Waals surface area contributed by atoms with Gasteiger partial charge in [-0.1, -0.05) is 11.6 Å². The van der Waals surface area contributed by atoms with Crippen LogP contribution in [0.4, 0.5) is 11.4 Å². The monoisotopic (exact) mass is 188 g/mol. The van der Waals surface area contributed by atoms with Crippen molar-refractivity contribution in [3.05, 3.63) is 33.3 Å². The zero-order valence-corrected chi connectivity index (χ0v) is 6.58. The van der Waals surface area contributed by atoms with E-state index >= 15 is 0 Å². The summed E-state index contributed by atoms with van der Waals surface area (Å²) in [6.07, 6.45) is 0. The maximum Gasteiger partial charge on any atom is 0.290 e. The van der Waals surface area contributed by atoms with Crippen LogP contribution in [0.5, 0.6) is 0 Å². The molecule has 0 aliphatic rings. The van der Waals surface area contributed by atoms with Gasteiger partial charge in [0.1, 0.15) is 5.02 Å². The van der Waals surface area contributed by atoms with E-state index in [4.69, 9.17) is 16.8 Å². The number of rotatable bonds is 2. The average molecular weight is 189 g/mol. The summed E-state index contributed by atoms with van der Waals surface area (Å²) < 4.78 is 0. The molecule has 0 bridgehead atoms. The third-order valence-electron chi connectivity index (χ3n) is 1.27. The van der Waals surface area contributed by atoms with Gasteiger partial charge in [-0.2, -0.15) is 0 Å². The number of nitro groups is 1. The van der Waals surface area contributed by atoms with Gasteiger partial charge in [-0.25, -0.2) is 0 Å². The van der Waals surface area contributed by atoms with Gasteiger partial charge in [0.05, 0.1) is 10.6 Å². The molecule has 0 aromatic heterocycles. The standard InChI is InChI=1S/C6H5ClN2O3/c7-5-2-1-4(8-10)3-6(5)9(11)12/h1-3,8,10H. The Morgan fingerprint density at radius 3 is 2.75 bits per heavy atom. The fourth-order valence-electron chi connectivity index (χ4n) is 0.722. The van der Waals surface area contributed by atoms with Crippen LogP contribution in [0.2, 0.25) is 5.02 Å². The highest BCUT2D eigenvalue weighted by molar-refractivity contribution is 6.32. The molecule has 1 aromatic carbocycles. The molecule has 1 aromatic rings. The lowest BCUT2D eigenvalue weighted by molar-refractivity contribution is -0.384. The Morgan fingerprint density at radius 2 is 2.25 bits per heavy atom. The fourth-order valence-corrected chi connectivity index (χ4v) is 0.909. The van der Waals surface area contributed by atoms with E-state index in [-0.39, 0.29) is 16.4 Å². The molecule has 1 rings (SSSR count). The largest absolute Gasteiger partial charge is 0.291 e. The van der Waals surface area contributed by atoms with E-state index in [1.165, 1.54) is 12.1 Å². The van der Waals surface area contributed by atoms with E-state index in [0.29, 0.717) is 0 Å². The van der Waals surface area contributed by atoms with Gasteiger partial charge in [0.15, 0.2) is 0 Å². The summed E-state index contributed by atoms with van der Waals surface area (Å²) in [5, 5.41) is 18.8. The molecule has 0 saturated carbocycles. The molecule has 0 spiro atoms. The summed E-state index contributed by atoms with van der Waals surface area (Å²) in [6.45, 7) is 0. The highest BCUT2D eigenvalue weighted by Gasteiger charge is 2.11. The molecule has 0 unspecified atom stereocenters. The first-order chi connectivity index (χ1) is 5.65. The molecular formula is C6H5ClN2O3. The molecular weight excluding hydrogens is 184 g/mol. The van der Waals surface area contributed by atoms with Gasteiger partial charge < -0.3 is 0 Å². The lowest BCUT2D eigenvalue weighted by Crippen LogP contribution is -1.93. The summed E-state index contributed by atoms with van der Waals surface area (Å²) in [5.41, 5.74) is 1.77. The number of halogens is 1. The molecule has 2 N–H and O–H groups in total. The van der Waals surface area contributed by atoms with Crippen molar-refractivity contribution in [1.29, 1.82) is 0 Å². The minimum Gasteiger partial charge on any atom is -0.291 e. The zero-order chi connectivity index (χ0) is 9.14. The van der Waals surface area contributed by atoms with Crippen LogP contribution in [0.1, 0.15) is 0 Å². The first-order valence-corrected chi connectivity index (χ1v) is 3.37.